The summed E-state index contributed by atoms with van der Waals surface area (Å²) in [6.07, 6.45) is 0. The molecule has 0 nitrogen and oxygen atoms in total. The normalized spacial score (nSPS) is 13.2. The van der Waals surface area contributed by atoms with Gasteiger partial charge in [0, 0.05) is 0 Å². The molecule has 0 heterocycles. The first-order chi connectivity index (χ1) is 2.41. The fourth-order valence-electron chi connectivity index (χ4n) is 0.0270. The van der Waals surface area contributed by atoms with Gasteiger partial charge in [0.05, 0.1) is 0 Å². The first-order valence-electron chi connectivity index (χ1n) is 1.07. The van der Waals surface area contributed by atoms with Crippen molar-refractivity contribution in [3.63, 3.8) is 0 Å². The van der Waals surface area contributed by atoms with E-state index in [9.17, 15) is 0 Å². The fourth-order valence-corrected chi connectivity index (χ4v) is 73.3. The Labute approximate surface area is 70.7 Å². The van der Waals surface area contributed by atoms with Gasteiger partial charge in [-0.25, -0.2) is 0 Å². The van der Waals surface area contributed by atoms with Gasteiger partial charge in [0.1, 0.15) is 9.03 Å². The molecular weight excluding hydrogens is 437 g/mol. The van der Waals surface area contributed by atoms with Gasteiger partial charge in [0.15, 0.2) is 0 Å². The zero-order chi connectivity index (χ0) is 4.12. The summed E-state index contributed by atoms with van der Waals surface area (Å²) in [5.41, 5.74) is 0. The summed E-state index contributed by atoms with van der Waals surface area (Å²) in [5, 5.41) is 0. The highest BCUT2D eigenvalue weighted by molar-refractivity contribution is 14.4. The number of hydrogen-bond acceptors (Lipinski definition) is 0. The van der Waals surface area contributed by atoms with Crippen LogP contribution in [0, 0.1) is 0 Å². The van der Waals surface area contributed by atoms with Crippen LogP contribution in [0.25, 0.3) is 0 Å². The Morgan fingerprint density at radius 3 is 1.60 bits per heavy atom. The summed E-state index contributed by atoms with van der Waals surface area (Å²) in [5.74, 6) is 0. The van der Waals surface area contributed by atoms with Crippen LogP contribution in [0.2, 0.25) is 0 Å². The van der Waals surface area contributed by atoms with Gasteiger partial charge in [-0.2, -0.15) is 19.6 Å². The summed E-state index contributed by atoms with van der Waals surface area (Å²) in [6.45, 7) is 0. The first kappa shape index (κ1) is 7.62. The van der Waals surface area contributed by atoms with Crippen LogP contribution in [0.3, 0.4) is 0 Å². The van der Waals surface area contributed by atoms with Crippen molar-refractivity contribution in [1.82, 2.24) is 0 Å². The highest BCUT2D eigenvalue weighted by Gasteiger charge is 1.73. The van der Waals surface area contributed by atoms with Crippen molar-refractivity contribution >= 4 is 72.2 Å². The summed E-state index contributed by atoms with van der Waals surface area (Å²) < 4.78 is 1.10. The first-order valence-corrected chi connectivity index (χ1v) is 21.5. The van der Waals surface area contributed by atoms with Crippen LogP contribution in [0.5, 0.6) is 0 Å². The van der Waals surface area contributed by atoms with E-state index in [0.29, 0.717) is 9.03 Å². The number of hydrogen-bond donors (Lipinski definition) is 0. The van der Waals surface area contributed by atoms with E-state index in [4.69, 9.17) is 0 Å². The van der Waals surface area contributed by atoms with E-state index in [0.717, 1.165) is 19.6 Å². The monoisotopic (exact) mass is 441 g/mol. The average Bonchev–Trinajstić information content (AvgIpc) is 1.41. The standard InChI is InChI=1S/H4I3Si2/c1-4-3-5-2/h4-5H2. The molecule has 0 spiro atoms. The molecule has 0 saturated carbocycles. The smallest absolute Gasteiger partial charge is 0.146 e. The van der Waals surface area contributed by atoms with Crippen molar-refractivity contribution in [2.75, 3.05) is 0 Å². The third-order valence-electron chi connectivity index (χ3n) is 0.143. The predicted octanol–water partition coefficient (Wildman–Crippen LogP) is 0.825. The second-order valence-corrected chi connectivity index (χ2v) is 38.7. The SMILES string of the molecule is I[SiH2][I][SiH2]I. The molecule has 0 aliphatic rings. The van der Waals surface area contributed by atoms with Crippen molar-refractivity contribution in [3.05, 3.63) is 0 Å². The molecule has 0 aliphatic carbocycles. The maximum atomic E-state index is 2.61. The highest BCUT2D eigenvalue weighted by Crippen LogP contribution is 2.10. The molecule has 1 radical (unpaired) electrons. The number of halogens is 3. The van der Waals surface area contributed by atoms with E-state index in [2.05, 4.69) is 43.6 Å². The second kappa shape index (κ2) is 6.62. The Bertz CT molecular complexity index is 12.4. The van der Waals surface area contributed by atoms with Crippen molar-refractivity contribution in [2.24, 2.45) is 0 Å². The molecule has 0 N–H and O–H groups in total. The summed E-state index contributed by atoms with van der Waals surface area (Å²) in [6, 6.07) is 0. The molecule has 0 aromatic carbocycles. The Morgan fingerprint density at radius 2 is 1.60 bits per heavy atom. The van der Waals surface area contributed by atoms with Gasteiger partial charge in [-0.15, -0.1) is 43.6 Å². The van der Waals surface area contributed by atoms with E-state index < -0.39 is 0 Å². The molecular formula is H4I3Si2. The molecule has 0 bridgehead atoms. The summed E-state index contributed by atoms with van der Waals surface area (Å²) in [7, 11) is 0. The minimum Gasteiger partial charge on any atom is -0.187 e. The predicted molar refractivity (Wildman–Crippen MR) is 59.1 cm³/mol. The zero-order valence-corrected chi connectivity index (χ0v) is 11.8. The maximum absolute atomic E-state index is 2.61. The number of rotatable bonds is 2. The third-order valence-corrected chi connectivity index (χ3v) is 57.9. The Morgan fingerprint density at radius 1 is 1.20 bits per heavy atom. The van der Waals surface area contributed by atoms with Crippen LogP contribution in [0.15, 0.2) is 0 Å². The van der Waals surface area contributed by atoms with E-state index >= 15 is 0 Å². The van der Waals surface area contributed by atoms with Gasteiger partial charge in [0.25, 0.3) is 0 Å². The van der Waals surface area contributed by atoms with Gasteiger partial charge >= 0.3 is 0 Å². The maximum Gasteiger partial charge on any atom is 0.146 e. The molecule has 5 heavy (non-hydrogen) atoms. The van der Waals surface area contributed by atoms with Crippen LogP contribution < -0.4 is 0 Å². The van der Waals surface area contributed by atoms with E-state index in [1.165, 1.54) is 0 Å². The summed E-state index contributed by atoms with van der Waals surface area (Å²) >= 11 is 6.09. The van der Waals surface area contributed by atoms with Gasteiger partial charge in [0.2, 0.25) is 0 Å². The minimum atomic E-state index is 0.548. The minimum absolute atomic E-state index is 0.548. The van der Waals surface area contributed by atoms with E-state index in [-0.39, 0.29) is 0 Å². The van der Waals surface area contributed by atoms with Crippen LogP contribution in [0.4, 0.5) is 0 Å². The van der Waals surface area contributed by atoms with Crippen LogP contribution in [-0.4, -0.2) is 9.03 Å². The van der Waals surface area contributed by atoms with Gasteiger partial charge in [-0.3, -0.25) is 0 Å². The van der Waals surface area contributed by atoms with E-state index in [1.807, 2.05) is 0 Å². The fraction of sp³-hybridized carbons (Fsp3) is 0. The lowest BCUT2D eigenvalue weighted by molar-refractivity contribution is 5.41. The molecule has 0 aromatic rings. The third kappa shape index (κ3) is 6.62. The second-order valence-electron chi connectivity index (χ2n) is 0.391. The van der Waals surface area contributed by atoms with E-state index in [1.54, 1.807) is 0 Å². The lowest BCUT2D eigenvalue weighted by Crippen LogP contribution is -1.59. The molecule has 0 fully saturated rings. The molecule has 0 unspecified atom stereocenters. The van der Waals surface area contributed by atoms with Crippen LogP contribution in [-0.2, 0) is 0 Å². The van der Waals surface area contributed by atoms with Crippen LogP contribution in [0.1, 0.15) is 0 Å². The molecule has 0 amide bonds. The zero-order valence-electron chi connectivity index (χ0n) is 2.55. The van der Waals surface area contributed by atoms with Crippen molar-refractivity contribution in [3.8, 4) is 0 Å². The average molecular weight is 441 g/mol. The van der Waals surface area contributed by atoms with Gasteiger partial charge in [-0.05, 0) is 0 Å². The molecule has 0 atom stereocenters. The molecule has 0 aliphatic heterocycles. The van der Waals surface area contributed by atoms with Crippen molar-refractivity contribution in [2.45, 2.75) is 0 Å². The molecule has 0 saturated heterocycles. The lowest BCUT2D eigenvalue weighted by atomic mass is 28.1. The Hall–Kier alpha value is 2.62. The lowest BCUT2D eigenvalue weighted by Gasteiger charge is -1.75. The van der Waals surface area contributed by atoms with Crippen molar-refractivity contribution < 1.29 is 0 Å². The molecule has 5 heteroatoms. The molecule has 0 aromatic heterocycles. The Kier molecular flexibility index (Phi) is 10.1. The quantitative estimate of drug-likeness (QED) is 0.339. The topological polar surface area (TPSA) is 0 Å². The molecule has 0 rings (SSSR count). The summed E-state index contributed by atoms with van der Waals surface area (Å²) in [4.78, 5) is 0. The van der Waals surface area contributed by atoms with Crippen molar-refractivity contribution in [1.29, 1.82) is 0 Å². The van der Waals surface area contributed by atoms with Gasteiger partial charge in [-0.1, -0.05) is 0 Å². The molecule has 33 valence electrons. The van der Waals surface area contributed by atoms with Gasteiger partial charge < -0.3 is 0 Å². The Balaban J connectivity index is 2.19. The largest absolute Gasteiger partial charge is 0.187 e. The van der Waals surface area contributed by atoms with Crippen LogP contribution >= 0.6 is 63.2 Å². The highest BCUT2D eigenvalue weighted by atomic mass is 127.